The lowest BCUT2D eigenvalue weighted by molar-refractivity contribution is -0.136. The molecule has 1 fully saturated rings. The Kier molecular flexibility index (Phi) is 13.6. The largest absolute Gasteiger partial charge is 0.384 e. The molecule has 1 saturated heterocycles. The van der Waals surface area contributed by atoms with Crippen molar-refractivity contribution < 1.29 is 24.0 Å². The standard InChI is InChI=1S/C33H51N5O5/c1-2-3-21-33(35,32(34)43)22-14-12-10-8-6-4-5-7-9-11-13-15-23-36-25-18-16-17-24-28(25)31(42)38(30(24)41)26-19-20-27(39)37-29(26)40/h16-18,26,36H,2-15,19-23,35H2,1H3,(H2,34,43)(H,37,39,40). The molecule has 0 saturated carbocycles. The number of hydrogen-bond acceptors (Lipinski definition) is 7. The summed E-state index contributed by atoms with van der Waals surface area (Å²) in [5, 5.41) is 5.54. The summed E-state index contributed by atoms with van der Waals surface area (Å²) in [5.41, 5.74) is 12.2. The van der Waals surface area contributed by atoms with E-state index < -0.39 is 29.3 Å². The number of hydrogen-bond donors (Lipinski definition) is 4. The summed E-state index contributed by atoms with van der Waals surface area (Å²) >= 11 is 0. The lowest BCUT2D eigenvalue weighted by Crippen LogP contribution is -2.54. The van der Waals surface area contributed by atoms with Crippen LogP contribution in [-0.2, 0) is 14.4 Å². The van der Waals surface area contributed by atoms with Gasteiger partial charge in [0.25, 0.3) is 11.8 Å². The number of piperidine rings is 1. The van der Waals surface area contributed by atoms with Crippen molar-refractivity contribution in [3.05, 3.63) is 29.3 Å². The summed E-state index contributed by atoms with van der Waals surface area (Å²) in [6, 6.07) is 4.18. The zero-order valence-electron chi connectivity index (χ0n) is 25.9. The van der Waals surface area contributed by atoms with E-state index in [-0.39, 0.29) is 24.7 Å². The van der Waals surface area contributed by atoms with Crippen LogP contribution in [0, 0.1) is 0 Å². The van der Waals surface area contributed by atoms with Crippen LogP contribution in [0.5, 0.6) is 0 Å². The number of amides is 5. The molecular weight excluding hydrogens is 546 g/mol. The highest BCUT2D eigenvalue weighted by Gasteiger charge is 2.45. The molecule has 1 aromatic rings. The molecule has 43 heavy (non-hydrogen) atoms. The third kappa shape index (κ3) is 9.61. The number of unbranched alkanes of at least 4 members (excludes halogenated alkanes) is 12. The highest BCUT2D eigenvalue weighted by Crippen LogP contribution is 2.32. The summed E-state index contributed by atoms with van der Waals surface area (Å²) in [4.78, 5) is 62.7. The van der Waals surface area contributed by atoms with Crippen molar-refractivity contribution in [2.75, 3.05) is 11.9 Å². The lowest BCUT2D eigenvalue weighted by atomic mass is 9.87. The first-order valence-corrected chi connectivity index (χ1v) is 16.4. The lowest BCUT2D eigenvalue weighted by Gasteiger charge is -2.27. The molecule has 238 valence electrons. The number of nitrogens with two attached hydrogens (primary N) is 2. The van der Waals surface area contributed by atoms with Gasteiger partial charge >= 0.3 is 0 Å². The predicted molar refractivity (Wildman–Crippen MR) is 167 cm³/mol. The summed E-state index contributed by atoms with van der Waals surface area (Å²) in [5.74, 6) is -2.33. The highest BCUT2D eigenvalue weighted by molar-refractivity contribution is 6.25. The molecule has 0 aromatic heterocycles. The number of rotatable bonds is 21. The topological polar surface area (TPSA) is 165 Å². The van der Waals surface area contributed by atoms with E-state index in [4.69, 9.17) is 11.5 Å². The van der Waals surface area contributed by atoms with Gasteiger partial charge < -0.3 is 16.8 Å². The molecule has 2 aliphatic rings. The number of nitrogens with one attached hydrogen (secondary N) is 2. The molecular formula is C33H51N5O5. The fourth-order valence-corrected chi connectivity index (χ4v) is 6.08. The maximum absolute atomic E-state index is 13.2. The van der Waals surface area contributed by atoms with Gasteiger partial charge in [0.2, 0.25) is 17.7 Å². The van der Waals surface area contributed by atoms with Crippen molar-refractivity contribution in [3.63, 3.8) is 0 Å². The van der Waals surface area contributed by atoms with Crippen molar-refractivity contribution in [2.45, 2.75) is 134 Å². The van der Waals surface area contributed by atoms with Gasteiger partial charge in [0.15, 0.2) is 0 Å². The van der Waals surface area contributed by atoms with Crippen LogP contribution in [0.15, 0.2) is 18.2 Å². The molecule has 2 atom stereocenters. The molecule has 2 unspecified atom stereocenters. The van der Waals surface area contributed by atoms with Crippen molar-refractivity contribution in [1.29, 1.82) is 0 Å². The maximum Gasteiger partial charge on any atom is 0.264 e. The first-order valence-electron chi connectivity index (χ1n) is 16.4. The Balaban J connectivity index is 1.23. The van der Waals surface area contributed by atoms with Crippen LogP contribution in [0.2, 0.25) is 0 Å². The number of imide groups is 2. The number of carbonyl (C=O) groups excluding carboxylic acids is 5. The van der Waals surface area contributed by atoms with Crippen LogP contribution in [0.3, 0.4) is 0 Å². The van der Waals surface area contributed by atoms with Crippen molar-refractivity contribution in [3.8, 4) is 0 Å². The summed E-state index contributed by atoms with van der Waals surface area (Å²) in [6.07, 6.45) is 17.4. The Labute approximate surface area is 256 Å². The minimum absolute atomic E-state index is 0.102. The molecule has 0 bridgehead atoms. The van der Waals surface area contributed by atoms with E-state index in [1.54, 1.807) is 18.2 Å². The van der Waals surface area contributed by atoms with E-state index in [9.17, 15) is 24.0 Å². The number of anilines is 1. The first-order chi connectivity index (χ1) is 20.7. The number of nitrogens with zero attached hydrogens (tertiary/aromatic N) is 1. The Hall–Kier alpha value is -3.27. The van der Waals surface area contributed by atoms with Gasteiger partial charge in [0.1, 0.15) is 6.04 Å². The van der Waals surface area contributed by atoms with E-state index in [0.717, 1.165) is 49.8 Å². The van der Waals surface area contributed by atoms with Gasteiger partial charge in [-0.25, -0.2) is 0 Å². The fraction of sp³-hybridized carbons (Fsp3) is 0.667. The molecule has 3 rings (SSSR count). The normalized spacial score (nSPS) is 18.0. The molecule has 0 radical (unpaired) electrons. The Bertz CT molecular complexity index is 1140. The second-order valence-corrected chi connectivity index (χ2v) is 12.2. The first kappa shape index (κ1) is 34.2. The van der Waals surface area contributed by atoms with Crippen LogP contribution in [-0.4, -0.2) is 52.6 Å². The Morgan fingerprint density at radius 1 is 0.884 bits per heavy atom. The van der Waals surface area contributed by atoms with E-state index in [0.29, 0.717) is 36.2 Å². The zero-order chi connectivity index (χ0) is 31.2. The molecule has 0 aliphatic carbocycles. The fourth-order valence-electron chi connectivity index (χ4n) is 6.08. The number of benzene rings is 1. The van der Waals surface area contributed by atoms with E-state index in [2.05, 4.69) is 17.6 Å². The summed E-state index contributed by atoms with van der Waals surface area (Å²) in [7, 11) is 0. The van der Waals surface area contributed by atoms with Gasteiger partial charge in [-0.2, -0.15) is 0 Å². The molecule has 2 heterocycles. The molecule has 2 aliphatic heterocycles. The minimum Gasteiger partial charge on any atom is -0.384 e. The second-order valence-electron chi connectivity index (χ2n) is 12.2. The molecule has 1 aromatic carbocycles. The number of fused-ring (bicyclic) bond motifs is 1. The van der Waals surface area contributed by atoms with Gasteiger partial charge in [-0.15, -0.1) is 0 Å². The van der Waals surface area contributed by atoms with E-state index in [1.165, 1.54) is 44.9 Å². The van der Waals surface area contributed by atoms with Gasteiger partial charge in [-0.1, -0.05) is 96.5 Å². The third-order valence-electron chi connectivity index (χ3n) is 8.80. The smallest absolute Gasteiger partial charge is 0.264 e. The average molecular weight is 598 g/mol. The third-order valence-corrected chi connectivity index (χ3v) is 8.80. The SMILES string of the molecule is CCCCC(N)(CCCCCCCCCCCCCCNc1cccc2c1C(=O)N(C1CCC(=O)NC1=O)C2=O)C(N)=O. The van der Waals surface area contributed by atoms with Crippen molar-refractivity contribution >= 4 is 35.2 Å². The highest BCUT2D eigenvalue weighted by atomic mass is 16.2. The summed E-state index contributed by atoms with van der Waals surface area (Å²) < 4.78 is 0. The molecule has 10 nitrogen and oxygen atoms in total. The van der Waals surface area contributed by atoms with Crippen LogP contribution in [0.1, 0.15) is 143 Å². The molecule has 6 N–H and O–H groups in total. The van der Waals surface area contributed by atoms with Crippen molar-refractivity contribution in [2.24, 2.45) is 11.5 Å². The van der Waals surface area contributed by atoms with Crippen LogP contribution in [0.4, 0.5) is 5.69 Å². The maximum atomic E-state index is 13.2. The average Bonchev–Trinajstić information content (AvgIpc) is 3.23. The minimum atomic E-state index is -0.958. The Morgan fingerprint density at radius 3 is 2.05 bits per heavy atom. The van der Waals surface area contributed by atoms with Crippen LogP contribution >= 0.6 is 0 Å². The molecule has 5 amide bonds. The number of carbonyl (C=O) groups is 5. The zero-order valence-corrected chi connectivity index (χ0v) is 25.9. The number of primary amides is 1. The monoisotopic (exact) mass is 597 g/mol. The van der Waals surface area contributed by atoms with Gasteiger partial charge in [0, 0.05) is 18.7 Å². The molecule has 0 spiro atoms. The second kappa shape index (κ2) is 17.1. The van der Waals surface area contributed by atoms with E-state index in [1.807, 2.05) is 0 Å². The van der Waals surface area contributed by atoms with Gasteiger partial charge in [-0.05, 0) is 37.8 Å². The Morgan fingerprint density at radius 2 is 1.47 bits per heavy atom. The van der Waals surface area contributed by atoms with E-state index >= 15 is 0 Å². The van der Waals surface area contributed by atoms with Crippen LogP contribution in [0.25, 0.3) is 0 Å². The predicted octanol–water partition coefficient (Wildman–Crippen LogP) is 4.94. The quantitative estimate of drug-likeness (QED) is 0.115. The van der Waals surface area contributed by atoms with Crippen LogP contribution < -0.4 is 22.1 Å². The van der Waals surface area contributed by atoms with Gasteiger partial charge in [-0.3, -0.25) is 34.2 Å². The van der Waals surface area contributed by atoms with Gasteiger partial charge in [0.05, 0.1) is 16.7 Å². The summed E-state index contributed by atoms with van der Waals surface area (Å²) in [6.45, 7) is 2.79. The molecule has 10 heteroatoms. The van der Waals surface area contributed by atoms with Crippen molar-refractivity contribution in [1.82, 2.24) is 10.2 Å².